The van der Waals surface area contributed by atoms with Gasteiger partial charge in [0, 0.05) is 23.7 Å². The number of benzene rings is 3. The summed E-state index contributed by atoms with van der Waals surface area (Å²) in [6.45, 7) is 4.42. The second-order valence-corrected chi connectivity index (χ2v) is 9.55. The minimum atomic E-state index is -0.470. The number of aromatic nitrogens is 5. The van der Waals surface area contributed by atoms with Gasteiger partial charge in [0.25, 0.3) is 5.56 Å². The van der Waals surface area contributed by atoms with Gasteiger partial charge in [-0.05, 0) is 59.2 Å². The van der Waals surface area contributed by atoms with Gasteiger partial charge in [-0.25, -0.2) is 4.98 Å². The molecule has 0 atom stereocenters. The van der Waals surface area contributed by atoms with Gasteiger partial charge < -0.3 is 10.1 Å². The van der Waals surface area contributed by atoms with Crippen LogP contribution in [0, 0.1) is 6.92 Å². The van der Waals surface area contributed by atoms with E-state index in [-0.39, 0.29) is 5.56 Å². The van der Waals surface area contributed by atoms with Crippen molar-refractivity contribution >= 4 is 10.9 Å². The molecule has 0 fully saturated rings. The van der Waals surface area contributed by atoms with E-state index in [2.05, 4.69) is 22.0 Å². The lowest BCUT2D eigenvalue weighted by Gasteiger charge is -2.16. The molecule has 0 aliphatic carbocycles. The number of H-pyrrole nitrogens is 1. The largest absolute Gasteiger partial charge is 0.464 e. The van der Waals surface area contributed by atoms with Crippen molar-refractivity contribution in [1.82, 2.24) is 24.7 Å². The number of hydrogen-bond donors (Lipinski definition) is 2. The zero-order chi connectivity index (χ0) is 26.9. The van der Waals surface area contributed by atoms with Crippen LogP contribution in [0.15, 0.2) is 88.3 Å². The summed E-state index contributed by atoms with van der Waals surface area (Å²) in [7, 11) is 0. The molecule has 0 radical (unpaired) electrons. The quantitative estimate of drug-likeness (QED) is 0.264. The van der Waals surface area contributed by atoms with Crippen molar-refractivity contribution in [3.63, 3.8) is 0 Å². The van der Waals surface area contributed by atoms with Gasteiger partial charge in [-0.1, -0.05) is 66.7 Å². The molecule has 0 aliphatic heterocycles. The maximum absolute atomic E-state index is 13.9. The molecule has 39 heavy (non-hydrogen) atoms. The third kappa shape index (κ3) is 4.61. The van der Waals surface area contributed by atoms with Crippen molar-refractivity contribution in [3.05, 3.63) is 106 Å². The fourth-order valence-corrected chi connectivity index (χ4v) is 5.06. The average molecular weight is 518 g/mol. The van der Waals surface area contributed by atoms with E-state index in [9.17, 15) is 9.90 Å². The Morgan fingerprint density at radius 1 is 0.949 bits per heavy atom. The van der Waals surface area contributed by atoms with E-state index < -0.39 is 6.08 Å². The van der Waals surface area contributed by atoms with Crippen LogP contribution in [0.2, 0.25) is 0 Å². The van der Waals surface area contributed by atoms with Crippen LogP contribution in [0.4, 0.5) is 0 Å². The molecule has 8 nitrogen and oxygen atoms in total. The Morgan fingerprint density at radius 3 is 2.46 bits per heavy atom. The Kier molecular flexibility index (Phi) is 6.28. The van der Waals surface area contributed by atoms with E-state index in [1.165, 1.54) is 0 Å². The first kappa shape index (κ1) is 24.4. The molecule has 3 aromatic heterocycles. The molecule has 6 aromatic rings. The molecule has 0 amide bonds. The molecule has 0 aliphatic rings. The number of fused-ring (bicyclic) bond motifs is 1. The first-order valence-electron chi connectivity index (χ1n) is 12.9. The number of aromatic amines is 1. The fourth-order valence-electron chi connectivity index (χ4n) is 5.06. The summed E-state index contributed by atoms with van der Waals surface area (Å²) in [6.07, 6.45) is 3.04. The molecule has 0 saturated carbocycles. The summed E-state index contributed by atoms with van der Waals surface area (Å²) in [5, 5.41) is 14.4. The van der Waals surface area contributed by atoms with E-state index in [0.29, 0.717) is 17.9 Å². The SMILES string of the molecule is CCCc1nc(C)c(-c2ccc3[nH]ccc3c2)c(=O)n1Cc1ccc(-c2ccccc2-c2noc(O)n2)cc1. The Morgan fingerprint density at radius 2 is 1.72 bits per heavy atom. The van der Waals surface area contributed by atoms with Gasteiger partial charge in [0.1, 0.15) is 5.82 Å². The minimum Gasteiger partial charge on any atom is -0.464 e. The average Bonchev–Trinajstić information content (AvgIpc) is 3.60. The summed E-state index contributed by atoms with van der Waals surface area (Å²) in [5.41, 5.74) is 6.86. The van der Waals surface area contributed by atoms with Gasteiger partial charge >= 0.3 is 6.08 Å². The highest BCUT2D eigenvalue weighted by atomic mass is 16.6. The number of hydrogen-bond acceptors (Lipinski definition) is 6. The van der Waals surface area contributed by atoms with Gasteiger partial charge in [-0.3, -0.25) is 13.9 Å². The molecular weight excluding hydrogens is 490 g/mol. The van der Waals surface area contributed by atoms with Crippen LogP contribution < -0.4 is 5.56 Å². The highest BCUT2D eigenvalue weighted by molar-refractivity contribution is 5.85. The second-order valence-electron chi connectivity index (χ2n) is 9.55. The van der Waals surface area contributed by atoms with E-state index >= 15 is 0 Å². The highest BCUT2D eigenvalue weighted by Gasteiger charge is 2.17. The third-order valence-electron chi connectivity index (χ3n) is 6.93. The van der Waals surface area contributed by atoms with Crippen LogP contribution in [0.3, 0.4) is 0 Å². The maximum Gasteiger partial charge on any atom is 0.415 e. The number of rotatable bonds is 7. The van der Waals surface area contributed by atoms with Gasteiger partial charge in [-0.2, -0.15) is 4.98 Å². The zero-order valence-corrected chi connectivity index (χ0v) is 21.7. The molecule has 0 unspecified atom stereocenters. The van der Waals surface area contributed by atoms with Crippen molar-refractivity contribution < 1.29 is 9.63 Å². The van der Waals surface area contributed by atoms with E-state index in [1.807, 2.05) is 85.9 Å². The number of nitrogens with one attached hydrogen (secondary N) is 1. The normalized spacial score (nSPS) is 11.3. The molecule has 2 N–H and O–H groups in total. The fraction of sp³-hybridized carbons (Fsp3) is 0.161. The van der Waals surface area contributed by atoms with Crippen molar-refractivity contribution in [3.8, 4) is 39.7 Å². The van der Waals surface area contributed by atoms with Gasteiger partial charge in [-0.15, -0.1) is 0 Å². The molecule has 0 bridgehead atoms. The van der Waals surface area contributed by atoms with Crippen molar-refractivity contribution in [2.45, 2.75) is 33.2 Å². The Balaban J connectivity index is 1.37. The molecule has 194 valence electrons. The molecular formula is C31H27N5O3. The minimum absolute atomic E-state index is 0.0350. The smallest absolute Gasteiger partial charge is 0.415 e. The van der Waals surface area contributed by atoms with Crippen LogP contribution in [-0.4, -0.2) is 29.8 Å². The van der Waals surface area contributed by atoms with E-state index in [1.54, 1.807) is 4.57 Å². The molecule has 6 rings (SSSR count). The second kappa shape index (κ2) is 10.1. The topological polar surface area (TPSA) is 110 Å². The van der Waals surface area contributed by atoms with Crippen molar-refractivity contribution in [2.24, 2.45) is 0 Å². The number of aryl methyl sites for hydroxylation is 2. The summed E-state index contributed by atoms with van der Waals surface area (Å²) >= 11 is 0. The van der Waals surface area contributed by atoms with Crippen LogP contribution in [0.25, 0.3) is 44.5 Å². The lowest BCUT2D eigenvalue weighted by atomic mass is 9.98. The summed E-state index contributed by atoms with van der Waals surface area (Å²) in [4.78, 5) is 26.0. The maximum atomic E-state index is 13.9. The van der Waals surface area contributed by atoms with Gasteiger partial charge in [0.05, 0.1) is 17.8 Å². The first-order chi connectivity index (χ1) is 19.0. The summed E-state index contributed by atoms with van der Waals surface area (Å²) in [5.74, 6) is 1.11. The monoisotopic (exact) mass is 517 g/mol. The third-order valence-corrected chi connectivity index (χ3v) is 6.93. The first-order valence-corrected chi connectivity index (χ1v) is 12.9. The summed E-state index contributed by atoms with van der Waals surface area (Å²) in [6, 6.07) is 23.8. The highest BCUT2D eigenvalue weighted by Crippen LogP contribution is 2.31. The molecule has 0 saturated heterocycles. The van der Waals surface area contributed by atoms with Crippen LogP contribution in [-0.2, 0) is 13.0 Å². The van der Waals surface area contributed by atoms with Crippen molar-refractivity contribution in [1.29, 1.82) is 0 Å². The van der Waals surface area contributed by atoms with E-state index in [0.717, 1.165) is 63.1 Å². The zero-order valence-electron chi connectivity index (χ0n) is 21.7. The molecule has 8 heteroatoms. The number of nitrogens with zero attached hydrogens (tertiary/aromatic N) is 4. The molecule has 0 spiro atoms. The Labute approximate surface area is 224 Å². The molecule has 3 aromatic carbocycles. The van der Waals surface area contributed by atoms with Crippen LogP contribution in [0.1, 0.15) is 30.4 Å². The number of aromatic hydroxyl groups is 1. The standard InChI is InChI=1S/C31H27N5O3/c1-3-6-27-33-19(2)28(23-13-14-26-22(17-23)15-16-32-26)30(37)36(27)18-20-9-11-21(12-10-20)24-7-4-5-8-25(24)29-34-31(38)39-35-29/h4-5,7-17,32H,3,6,18H2,1-2H3,(H,34,35,38). The summed E-state index contributed by atoms with van der Waals surface area (Å²) < 4.78 is 6.56. The Bertz CT molecular complexity index is 1850. The molecule has 3 heterocycles. The van der Waals surface area contributed by atoms with Gasteiger partial charge in [0.15, 0.2) is 0 Å². The van der Waals surface area contributed by atoms with Crippen LogP contribution >= 0.6 is 0 Å². The predicted octanol–water partition coefficient (Wildman–Crippen LogP) is 6.12. The van der Waals surface area contributed by atoms with Gasteiger partial charge in [0.2, 0.25) is 5.82 Å². The Hall–Kier alpha value is -4.98. The van der Waals surface area contributed by atoms with Crippen molar-refractivity contribution in [2.75, 3.05) is 0 Å². The van der Waals surface area contributed by atoms with E-state index in [4.69, 9.17) is 9.51 Å². The predicted molar refractivity (Wildman–Crippen MR) is 150 cm³/mol. The lowest BCUT2D eigenvalue weighted by Crippen LogP contribution is -2.28. The van der Waals surface area contributed by atoms with Crippen LogP contribution in [0.5, 0.6) is 6.08 Å². The lowest BCUT2D eigenvalue weighted by molar-refractivity contribution is 0.267.